The first-order valence-electron chi connectivity index (χ1n) is 9.19. The second-order valence-corrected chi connectivity index (χ2v) is 7.17. The second-order valence-electron chi connectivity index (χ2n) is 7.17. The summed E-state index contributed by atoms with van der Waals surface area (Å²) in [6.45, 7) is 1.78. The number of oxazole rings is 1. The zero-order valence-electron chi connectivity index (χ0n) is 14.1. The molecule has 130 valence electrons. The van der Waals surface area contributed by atoms with Crippen molar-refractivity contribution in [1.29, 1.82) is 0 Å². The highest BCUT2D eigenvalue weighted by Gasteiger charge is 2.29. The highest BCUT2D eigenvalue weighted by Crippen LogP contribution is 2.40. The van der Waals surface area contributed by atoms with Gasteiger partial charge in [-0.05, 0) is 50.8 Å². The van der Waals surface area contributed by atoms with Crippen LogP contribution in [-0.2, 0) is 6.54 Å². The van der Waals surface area contributed by atoms with Gasteiger partial charge in [0.2, 0.25) is 5.89 Å². The van der Waals surface area contributed by atoms with E-state index in [1.807, 2.05) is 18.3 Å². The Morgan fingerprint density at radius 2 is 2.17 bits per heavy atom. The summed E-state index contributed by atoms with van der Waals surface area (Å²) < 4.78 is 11.3. The van der Waals surface area contributed by atoms with Gasteiger partial charge in [-0.15, -0.1) is 0 Å². The predicted molar refractivity (Wildman–Crippen MR) is 89.4 cm³/mol. The van der Waals surface area contributed by atoms with Gasteiger partial charge in [-0.3, -0.25) is 4.90 Å². The molecule has 0 aromatic carbocycles. The van der Waals surface area contributed by atoms with E-state index in [2.05, 4.69) is 9.88 Å². The summed E-state index contributed by atoms with van der Waals surface area (Å²) in [5, 5.41) is 10.5. The van der Waals surface area contributed by atoms with Gasteiger partial charge in [-0.25, -0.2) is 4.98 Å². The standard InChI is InChI=1S/C19H26N2O3/c22-16(17-6-4-10-23-17)11-15-5-2-1-3-9-21(15)13-19-20-12-18(24-19)14-7-8-14/h4,6,10,12,14-16,22H,1-3,5,7-9,11,13H2. The minimum atomic E-state index is -0.544. The van der Waals surface area contributed by atoms with Crippen LogP contribution in [0.1, 0.15) is 74.4 Å². The van der Waals surface area contributed by atoms with E-state index in [9.17, 15) is 5.11 Å². The van der Waals surface area contributed by atoms with E-state index in [0.29, 0.717) is 24.1 Å². The maximum atomic E-state index is 10.5. The van der Waals surface area contributed by atoms with Crippen LogP contribution in [-0.4, -0.2) is 27.6 Å². The fraction of sp³-hybridized carbons (Fsp3) is 0.632. The Bertz CT molecular complexity index is 633. The lowest BCUT2D eigenvalue weighted by atomic mass is 10.0. The van der Waals surface area contributed by atoms with E-state index < -0.39 is 6.10 Å². The summed E-state index contributed by atoms with van der Waals surface area (Å²) >= 11 is 0. The smallest absolute Gasteiger partial charge is 0.208 e. The lowest BCUT2D eigenvalue weighted by molar-refractivity contribution is 0.0788. The molecule has 2 aromatic rings. The Kier molecular flexibility index (Phi) is 4.72. The molecular weight excluding hydrogens is 304 g/mol. The van der Waals surface area contributed by atoms with Crippen LogP contribution in [0.3, 0.4) is 0 Å². The Morgan fingerprint density at radius 3 is 2.96 bits per heavy atom. The fourth-order valence-corrected chi connectivity index (χ4v) is 3.69. The zero-order chi connectivity index (χ0) is 16.4. The Morgan fingerprint density at radius 1 is 1.25 bits per heavy atom. The van der Waals surface area contributed by atoms with E-state index in [0.717, 1.165) is 31.2 Å². The third-order valence-corrected chi connectivity index (χ3v) is 5.26. The van der Waals surface area contributed by atoms with Crippen molar-refractivity contribution in [1.82, 2.24) is 9.88 Å². The Hall–Kier alpha value is -1.59. The summed E-state index contributed by atoms with van der Waals surface area (Å²) in [6.07, 6.45) is 10.9. The number of aromatic nitrogens is 1. The first kappa shape index (κ1) is 15.9. The van der Waals surface area contributed by atoms with Crippen LogP contribution in [0.5, 0.6) is 0 Å². The number of aliphatic hydroxyl groups excluding tert-OH is 1. The minimum Gasteiger partial charge on any atom is -0.467 e. The first-order valence-corrected chi connectivity index (χ1v) is 9.19. The third kappa shape index (κ3) is 3.73. The van der Waals surface area contributed by atoms with E-state index in [-0.39, 0.29) is 0 Å². The number of furan rings is 1. The molecule has 1 N–H and O–H groups in total. The molecule has 3 heterocycles. The van der Waals surface area contributed by atoms with Gasteiger partial charge in [-0.2, -0.15) is 0 Å². The van der Waals surface area contributed by atoms with Crippen molar-refractivity contribution < 1.29 is 13.9 Å². The van der Waals surface area contributed by atoms with Gasteiger partial charge < -0.3 is 13.9 Å². The van der Waals surface area contributed by atoms with Gasteiger partial charge in [0.25, 0.3) is 0 Å². The molecule has 0 radical (unpaired) electrons. The van der Waals surface area contributed by atoms with Crippen molar-refractivity contribution in [2.45, 2.75) is 69.6 Å². The summed E-state index contributed by atoms with van der Waals surface area (Å²) in [6, 6.07) is 4.01. The zero-order valence-corrected chi connectivity index (χ0v) is 14.1. The molecule has 24 heavy (non-hydrogen) atoms. The van der Waals surface area contributed by atoms with E-state index >= 15 is 0 Å². The Labute approximate surface area is 142 Å². The summed E-state index contributed by atoms with van der Waals surface area (Å²) in [5.41, 5.74) is 0. The monoisotopic (exact) mass is 330 g/mol. The van der Waals surface area contributed by atoms with Crippen molar-refractivity contribution in [2.24, 2.45) is 0 Å². The molecule has 1 saturated heterocycles. The largest absolute Gasteiger partial charge is 0.467 e. The average molecular weight is 330 g/mol. The van der Waals surface area contributed by atoms with Gasteiger partial charge in [0.1, 0.15) is 17.6 Å². The van der Waals surface area contributed by atoms with Crippen molar-refractivity contribution >= 4 is 0 Å². The molecule has 1 aliphatic heterocycles. The maximum Gasteiger partial charge on any atom is 0.208 e. The number of hydrogen-bond acceptors (Lipinski definition) is 5. The van der Waals surface area contributed by atoms with Gasteiger partial charge in [0.15, 0.2) is 0 Å². The van der Waals surface area contributed by atoms with Gasteiger partial charge >= 0.3 is 0 Å². The molecular formula is C19H26N2O3. The number of hydrogen-bond donors (Lipinski definition) is 1. The van der Waals surface area contributed by atoms with E-state index in [1.165, 1.54) is 32.1 Å². The summed E-state index contributed by atoms with van der Waals surface area (Å²) in [7, 11) is 0. The minimum absolute atomic E-state index is 0.337. The molecule has 2 atom stereocenters. The van der Waals surface area contributed by atoms with Crippen LogP contribution in [0.25, 0.3) is 0 Å². The number of likely N-dealkylation sites (tertiary alicyclic amines) is 1. The first-order chi connectivity index (χ1) is 11.8. The van der Waals surface area contributed by atoms with Crippen LogP contribution in [0.15, 0.2) is 33.4 Å². The summed E-state index contributed by atoms with van der Waals surface area (Å²) in [5.74, 6) is 3.13. The summed E-state index contributed by atoms with van der Waals surface area (Å²) in [4.78, 5) is 6.91. The van der Waals surface area contributed by atoms with Gasteiger partial charge in [0.05, 0.1) is 19.0 Å². The van der Waals surface area contributed by atoms with Crippen molar-refractivity contribution in [3.05, 3.63) is 42.0 Å². The van der Waals surface area contributed by atoms with Crippen LogP contribution in [0.2, 0.25) is 0 Å². The van der Waals surface area contributed by atoms with Crippen LogP contribution >= 0.6 is 0 Å². The lowest BCUT2D eigenvalue weighted by Gasteiger charge is -2.30. The van der Waals surface area contributed by atoms with Gasteiger partial charge in [0, 0.05) is 12.0 Å². The van der Waals surface area contributed by atoms with Gasteiger partial charge in [-0.1, -0.05) is 12.8 Å². The maximum absolute atomic E-state index is 10.5. The molecule has 0 bridgehead atoms. The van der Waals surface area contributed by atoms with E-state index in [1.54, 1.807) is 6.26 Å². The molecule has 2 aromatic heterocycles. The molecule has 1 saturated carbocycles. The SMILES string of the molecule is OC(CC1CCCCCN1Cc1ncc(C2CC2)o1)c1ccco1. The van der Waals surface area contributed by atoms with Crippen molar-refractivity contribution in [3.8, 4) is 0 Å². The highest BCUT2D eigenvalue weighted by atomic mass is 16.4. The molecule has 5 heteroatoms. The molecule has 2 aliphatic rings. The molecule has 1 aliphatic carbocycles. The third-order valence-electron chi connectivity index (χ3n) is 5.26. The van der Waals surface area contributed by atoms with Crippen LogP contribution in [0, 0.1) is 0 Å². The second kappa shape index (κ2) is 7.11. The van der Waals surface area contributed by atoms with E-state index in [4.69, 9.17) is 8.83 Å². The number of aliphatic hydroxyl groups is 1. The van der Waals surface area contributed by atoms with Crippen molar-refractivity contribution in [3.63, 3.8) is 0 Å². The average Bonchev–Trinajstić information content (AvgIpc) is 3.15. The molecule has 2 unspecified atom stereocenters. The molecule has 5 nitrogen and oxygen atoms in total. The normalized spacial score (nSPS) is 24.0. The molecule has 2 fully saturated rings. The molecule has 0 amide bonds. The number of nitrogens with zero attached hydrogens (tertiary/aromatic N) is 2. The Balaban J connectivity index is 1.42. The predicted octanol–water partition coefficient (Wildman–Crippen LogP) is 4.01. The van der Waals surface area contributed by atoms with Crippen molar-refractivity contribution in [2.75, 3.05) is 6.54 Å². The van der Waals surface area contributed by atoms with Crippen LogP contribution in [0.4, 0.5) is 0 Å². The fourth-order valence-electron chi connectivity index (χ4n) is 3.69. The quantitative estimate of drug-likeness (QED) is 0.867. The molecule has 4 rings (SSSR count). The van der Waals surface area contributed by atoms with Crippen LogP contribution < -0.4 is 0 Å². The topological polar surface area (TPSA) is 62.6 Å². The highest BCUT2D eigenvalue weighted by molar-refractivity contribution is 5.08. The number of rotatable bonds is 6. The lowest BCUT2D eigenvalue weighted by Crippen LogP contribution is -2.35. The molecule has 0 spiro atoms.